The Morgan fingerprint density at radius 3 is 2.94 bits per heavy atom. The quantitative estimate of drug-likeness (QED) is 0.887. The molecular formula is C14H22N2O2. The molecule has 1 saturated heterocycles. The predicted octanol–water partition coefficient (Wildman–Crippen LogP) is 1.86. The molecule has 4 nitrogen and oxygen atoms in total. The van der Waals surface area contributed by atoms with E-state index >= 15 is 0 Å². The second-order valence-electron chi connectivity index (χ2n) is 5.36. The molecule has 1 aliphatic heterocycles. The molecule has 1 atom stereocenters. The molecular weight excluding hydrogens is 228 g/mol. The van der Waals surface area contributed by atoms with Crippen molar-refractivity contribution in [3.05, 3.63) is 23.7 Å². The third kappa shape index (κ3) is 2.58. The lowest BCUT2D eigenvalue weighted by Crippen LogP contribution is -2.50. The van der Waals surface area contributed by atoms with Gasteiger partial charge in [0.2, 0.25) is 5.91 Å². The van der Waals surface area contributed by atoms with E-state index in [0.29, 0.717) is 19.4 Å². The van der Waals surface area contributed by atoms with E-state index in [-0.39, 0.29) is 11.4 Å². The van der Waals surface area contributed by atoms with Gasteiger partial charge >= 0.3 is 0 Å². The molecule has 0 saturated carbocycles. The third-order valence-corrected chi connectivity index (χ3v) is 3.87. The Balaban J connectivity index is 1.92. The molecule has 4 heteroatoms. The van der Waals surface area contributed by atoms with Crippen molar-refractivity contribution in [3.8, 4) is 0 Å². The summed E-state index contributed by atoms with van der Waals surface area (Å²) < 4.78 is 5.48. The number of likely N-dealkylation sites (tertiary alicyclic amines) is 1. The smallest absolute Gasteiger partial charge is 0.223 e. The maximum absolute atomic E-state index is 12.2. The van der Waals surface area contributed by atoms with Crippen LogP contribution in [0.25, 0.3) is 0 Å². The van der Waals surface area contributed by atoms with Crippen LogP contribution in [-0.2, 0) is 11.2 Å². The first kappa shape index (κ1) is 13.1. The second kappa shape index (κ2) is 5.14. The Bertz CT molecular complexity index is 427. The molecule has 0 radical (unpaired) electrons. The van der Waals surface area contributed by atoms with E-state index in [2.05, 4.69) is 6.92 Å². The van der Waals surface area contributed by atoms with Crippen molar-refractivity contribution >= 4 is 5.91 Å². The fraction of sp³-hybridized carbons (Fsp3) is 0.643. The van der Waals surface area contributed by atoms with Gasteiger partial charge in [-0.1, -0.05) is 0 Å². The summed E-state index contributed by atoms with van der Waals surface area (Å²) in [4.78, 5) is 14.2. The summed E-state index contributed by atoms with van der Waals surface area (Å²) >= 11 is 0. The Morgan fingerprint density at radius 2 is 2.33 bits per heavy atom. The Morgan fingerprint density at radius 1 is 1.56 bits per heavy atom. The van der Waals surface area contributed by atoms with Gasteiger partial charge in [-0.25, -0.2) is 0 Å². The number of hydrogen-bond acceptors (Lipinski definition) is 3. The lowest BCUT2D eigenvalue weighted by molar-refractivity contribution is -0.134. The summed E-state index contributed by atoms with van der Waals surface area (Å²) in [6.07, 6.45) is 3.24. The molecule has 1 unspecified atom stereocenters. The van der Waals surface area contributed by atoms with E-state index in [9.17, 15) is 4.79 Å². The minimum absolute atomic E-state index is 0.143. The van der Waals surface area contributed by atoms with Gasteiger partial charge in [-0.05, 0) is 38.8 Å². The fourth-order valence-corrected chi connectivity index (χ4v) is 2.65. The third-order valence-electron chi connectivity index (χ3n) is 3.87. The van der Waals surface area contributed by atoms with Crippen LogP contribution in [0.2, 0.25) is 0 Å². The van der Waals surface area contributed by atoms with Crippen LogP contribution in [0.3, 0.4) is 0 Å². The molecule has 0 aliphatic carbocycles. The zero-order valence-electron chi connectivity index (χ0n) is 11.2. The topological polar surface area (TPSA) is 59.5 Å². The number of nitrogens with two attached hydrogens (primary N) is 1. The fourth-order valence-electron chi connectivity index (χ4n) is 2.65. The van der Waals surface area contributed by atoms with Crippen LogP contribution in [0, 0.1) is 6.92 Å². The number of aryl methyl sites for hydroxylation is 2. The maximum Gasteiger partial charge on any atom is 0.223 e. The molecule has 2 N–H and O–H groups in total. The van der Waals surface area contributed by atoms with Crippen molar-refractivity contribution in [2.24, 2.45) is 5.73 Å². The standard InChI is InChI=1S/C14H22N2O2/c1-11-4-5-12(18-11)6-7-13(17)16-9-3-8-14(16,2)10-15/h4-5H,3,6-10,15H2,1-2H3. The zero-order chi connectivity index (χ0) is 13.2. The predicted molar refractivity (Wildman–Crippen MR) is 70.2 cm³/mol. The van der Waals surface area contributed by atoms with Crippen molar-refractivity contribution < 1.29 is 9.21 Å². The average molecular weight is 250 g/mol. The van der Waals surface area contributed by atoms with E-state index < -0.39 is 0 Å². The first-order chi connectivity index (χ1) is 8.55. The molecule has 1 amide bonds. The molecule has 18 heavy (non-hydrogen) atoms. The summed E-state index contributed by atoms with van der Waals surface area (Å²) in [6.45, 7) is 5.37. The highest BCUT2D eigenvalue weighted by Gasteiger charge is 2.37. The van der Waals surface area contributed by atoms with Crippen LogP contribution in [-0.4, -0.2) is 29.4 Å². The molecule has 100 valence electrons. The Kier molecular flexibility index (Phi) is 3.76. The van der Waals surface area contributed by atoms with Gasteiger partial charge in [-0.15, -0.1) is 0 Å². The molecule has 1 aromatic heterocycles. The maximum atomic E-state index is 12.2. The zero-order valence-corrected chi connectivity index (χ0v) is 11.2. The number of rotatable bonds is 4. The number of carbonyl (C=O) groups is 1. The van der Waals surface area contributed by atoms with Gasteiger partial charge < -0.3 is 15.1 Å². The van der Waals surface area contributed by atoms with Crippen LogP contribution < -0.4 is 5.73 Å². The van der Waals surface area contributed by atoms with Gasteiger partial charge in [0.15, 0.2) is 0 Å². The summed E-state index contributed by atoms with van der Waals surface area (Å²) in [6, 6.07) is 3.87. The Labute approximate surface area is 108 Å². The first-order valence-electron chi connectivity index (χ1n) is 6.61. The molecule has 0 aromatic carbocycles. The van der Waals surface area contributed by atoms with Crippen LogP contribution in [0.1, 0.15) is 37.7 Å². The number of hydrogen-bond donors (Lipinski definition) is 1. The lowest BCUT2D eigenvalue weighted by atomic mass is 9.99. The highest BCUT2D eigenvalue weighted by molar-refractivity contribution is 5.77. The molecule has 0 spiro atoms. The van der Waals surface area contributed by atoms with Gasteiger partial charge in [-0.3, -0.25) is 4.79 Å². The number of furan rings is 1. The Hall–Kier alpha value is -1.29. The van der Waals surface area contributed by atoms with E-state index in [1.54, 1.807) is 0 Å². The molecule has 2 heterocycles. The second-order valence-corrected chi connectivity index (χ2v) is 5.36. The van der Waals surface area contributed by atoms with Crippen molar-refractivity contribution in [2.75, 3.05) is 13.1 Å². The monoisotopic (exact) mass is 250 g/mol. The van der Waals surface area contributed by atoms with E-state index in [1.165, 1.54) is 0 Å². The average Bonchev–Trinajstić information content (AvgIpc) is 2.93. The number of nitrogens with zero attached hydrogens (tertiary/aromatic N) is 1. The largest absolute Gasteiger partial charge is 0.466 e. The van der Waals surface area contributed by atoms with Gasteiger partial charge in [0.25, 0.3) is 0 Å². The van der Waals surface area contributed by atoms with Crippen molar-refractivity contribution in [1.29, 1.82) is 0 Å². The van der Waals surface area contributed by atoms with Crippen molar-refractivity contribution in [3.63, 3.8) is 0 Å². The lowest BCUT2D eigenvalue weighted by Gasteiger charge is -2.34. The van der Waals surface area contributed by atoms with E-state index in [1.807, 2.05) is 24.0 Å². The number of amides is 1. The summed E-state index contributed by atoms with van der Waals surface area (Å²) in [5.41, 5.74) is 5.65. The van der Waals surface area contributed by atoms with Gasteiger partial charge in [0.05, 0.1) is 5.54 Å². The van der Waals surface area contributed by atoms with Crippen molar-refractivity contribution in [2.45, 2.75) is 45.1 Å². The molecule has 1 aliphatic rings. The van der Waals surface area contributed by atoms with Gasteiger partial charge in [-0.2, -0.15) is 0 Å². The summed E-state index contributed by atoms with van der Waals surface area (Å²) in [5.74, 6) is 1.97. The molecule has 1 aromatic rings. The van der Waals surface area contributed by atoms with Gasteiger partial charge in [0, 0.05) is 25.9 Å². The van der Waals surface area contributed by atoms with Crippen LogP contribution >= 0.6 is 0 Å². The van der Waals surface area contributed by atoms with Crippen LogP contribution in [0.15, 0.2) is 16.5 Å². The molecule has 2 rings (SSSR count). The van der Waals surface area contributed by atoms with E-state index in [0.717, 1.165) is 30.9 Å². The van der Waals surface area contributed by atoms with Gasteiger partial charge in [0.1, 0.15) is 11.5 Å². The highest BCUT2D eigenvalue weighted by atomic mass is 16.3. The summed E-state index contributed by atoms with van der Waals surface area (Å²) in [5, 5.41) is 0. The van der Waals surface area contributed by atoms with Crippen LogP contribution in [0.5, 0.6) is 0 Å². The minimum Gasteiger partial charge on any atom is -0.466 e. The number of carbonyl (C=O) groups excluding carboxylic acids is 1. The highest BCUT2D eigenvalue weighted by Crippen LogP contribution is 2.28. The SMILES string of the molecule is Cc1ccc(CCC(=O)N2CCCC2(C)CN)o1. The summed E-state index contributed by atoms with van der Waals surface area (Å²) in [7, 11) is 0. The molecule has 0 bridgehead atoms. The minimum atomic E-state index is -0.143. The molecule has 1 fully saturated rings. The van der Waals surface area contributed by atoms with Crippen LogP contribution in [0.4, 0.5) is 0 Å². The van der Waals surface area contributed by atoms with E-state index in [4.69, 9.17) is 10.2 Å². The normalized spacial score (nSPS) is 23.6. The first-order valence-corrected chi connectivity index (χ1v) is 6.61. The van der Waals surface area contributed by atoms with Crippen molar-refractivity contribution in [1.82, 2.24) is 4.90 Å².